The molecule has 0 aliphatic heterocycles. The second-order valence-electron chi connectivity index (χ2n) is 7.56. The van der Waals surface area contributed by atoms with Gasteiger partial charge in [-0.3, -0.25) is 0 Å². The summed E-state index contributed by atoms with van der Waals surface area (Å²) in [5.41, 5.74) is 5.40. The highest BCUT2D eigenvalue weighted by molar-refractivity contribution is 5.68. The lowest BCUT2D eigenvalue weighted by molar-refractivity contribution is 0.665. The molecule has 5 heteroatoms. The second-order valence-corrected chi connectivity index (χ2v) is 7.56. The summed E-state index contributed by atoms with van der Waals surface area (Å²) in [6, 6.07) is 2.94. The van der Waals surface area contributed by atoms with E-state index in [1.54, 1.807) is 0 Å². The fourth-order valence-electron chi connectivity index (χ4n) is 3.39. The number of pyridine rings is 1. The van der Waals surface area contributed by atoms with Crippen LogP contribution >= 0.6 is 0 Å². The zero-order valence-electron chi connectivity index (χ0n) is 18.7. The topological polar surface area (TPSA) is 62.7 Å². The Morgan fingerprint density at radius 3 is 2.07 bits per heavy atom. The molecule has 0 saturated heterocycles. The van der Waals surface area contributed by atoms with Gasteiger partial charge in [0.2, 0.25) is 0 Å². The molecule has 0 bridgehead atoms. The lowest BCUT2D eigenvalue weighted by Gasteiger charge is -2.20. The van der Waals surface area contributed by atoms with Crippen molar-refractivity contribution in [2.75, 3.05) is 10.6 Å². The Morgan fingerprint density at radius 2 is 1.54 bits per heavy atom. The van der Waals surface area contributed by atoms with Crippen molar-refractivity contribution in [3.05, 3.63) is 29.2 Å². The van der Waals surface area contributed by atoms with Gasteiger partial charge in [0, 0.05) is 23.8 Å². The average molecular weight is 384 g/mol. The van der Waals surface area contributed by atoms with Crippen molar-refractivity contribution in [1.82, 2.24) is 15.0 Å². The summed E-state index contributed by atoms with van der Waals surface area (Å²) >= 11 is 0. The summed E-state index contributed by atoms with van der Waals surface area (Å²) in [6.45, 7) is 15.1. The molecule has 2 aromatic heterocycles. The van der Waals surface area contributed by atoms with Crippen molar-refractivity contribution in [3.8, 4) is 11.3 Å². The Labute approximate surface area is 170 Å². The number of nitrogens with one attached hydrogen (secondary N) is 2. The average Bonchev–Trinajstić information content (AvgIpc) is 2.70. The quantitative estimate of drug-likeness (QED) is 0.555. The molecule has 0 aliphatic carbocycles. The first-order valence-electron chi connectivity index (χ1n) is 10.9. The maximum Gasteiger partial charge on any atom is 0.148 e. The number of hydrogen-bond acceptors (Lipinski definition) is 5. The zero-order valence-corrected chi connectivity index (χ0v) is 18.7. The van der Waals surface area contributed by atoms with Gasteiger partial charge < -0.3 is 10.6 Å². The van der Waals surface area contributed by atoms with Crippen LogP contribution in [0.3, 0.4) is 0 Å². The van der Waals surface area contributed by atoms with Gasteiger partial charge in [-0.2, -0.15) is 0 Å². The zero-order chi connectivity index (χ0) is 20.7. The third-order valence-corrected chi connectivity index (χ3v) is 5.10. The van der Waals surface area contributed by atoms with Crippen LogP contribution in [0.15, 0.2) is 12.3 Å². The molecule has 0 aromatic carbocycles. The minimum atomic E-state index is 0.358. The van der Waals surface area contributed by atoms with Crippen LogP contribution in [0.1, 0.15) is 78.3 Å². The summed E-state index contributed by atoms with van der Waals surface area (Å²) in [6.07, 6.45) is 6.76. The molecule has 0 saturated carbocycles. The number of aromatic nitrogens is 3. The number of hydrogen-bond donors (Lipinski definition) is 2. The highest BCUT2D eigenvalue weighted by atomic mass is 15.1. The molecule has 2 aromatic rings. The molecule has 0 unspecified atom stereocenters. The van der Waals surface area contributed by atoms with Crippen molar-refractivity contribution in [2.45, 2.75) is 92.7 Å². The minimum Gasteiger partial charge on any atom is -0.368 e. The predicted molar refractivity (Wildman–Crippen MR) is 120 cm³/mol. The van der Waals surface area contributed by atoms with E-state index in [1.165, 1.54) is 5.56 Å². The van der Waals surface area contributed by atoms with Gasteiger partial charge in [-0.1, -0.05) is 34.6 Å². The lowest BCUT2D eigenvalue weighted by atomic mass is 10.0. The van der Waals surface area contributed by atoms with Crippen LogP contribution in [0, 0.1) is 0 Å². The third kappa shape index (κ3) is 5.21. The van der Waals surface area contributed by atoms with Crippen molar-refractivity contribution < 1.29 is 0 Å². The van der Waals surface area contributed by atoms with Crippen LogP contribution in [-0.2, 0) is 19.3 Å². The molecule has 2 rings (SSSR count). The standard InChI is InChI=1S/C23H37N5/c1-8-16-13-21(25-15(6)7)24-14-18(16)22-19(11-4)28-23(20(12-5)27-22)26-17(9-2)10-3/h13-15,17H,8-12H2,1-7H3,(H,24,25)(H,26,28). The molecule has 0 fully saturated rings. The summed E-state index contributed by atoms with van der Waals surface area (Å²) < 4.78 is 0. The van der Waals surface area contributed by atoms with Crippen LogP contribution in [-0.4, -0.2) is 27.0 Å². The first kappa shape index (κ1) is 22.1. The summed E-state index contributed by atoms with van der Waals surface area (Å²) in [5.74, 6) is 1.87. The molecule has 5 nitrogen and oxygen atoms in total. The Bertz CT molecular complexity index is 766. The first-order valence-corrected chi connectivity index (χ1v) is 10.9. The SMILES string of the molecule is CCc1cc(NC(C)C)ncc1-c1nc(CC)c(NC(CC)CC)nc1CC. The van der Waals surface area contributed by atoms with E-state index < -0.39 is 0 Å². The molecule has 0 amide bonds. The highest BCUT2D eigenvalue weighted by Gasteiger charge is 2.18. The summed E-state index contributed by atoms with van der Waals surface area (Å²) in [4.78, 5) is 14.7. The summed E-state index contributed by atoms with van der Waals surface area (Å²) in [5, 5.41) is 7.01. The molecule has 0 spiro atoms. The molecule has 0 atom stereocenters. The van der Waals surface area contributed by atoms with Gasteiger partial charge in [0.15, 0.2) is 0 Å². The Kier molecular flexibility index (Phi) is 8.21. The Hall–Kier alpha value is -2.17. The number of nitrogens with zero attached hydrogens (tertiary/aromatic N) is 3. The molecule has 28 heavy (non-hydrogen) atoms. The summed E-state index contributed by atoms with van der Waals surface area (Å²) in [7, 11) is 0. The number of rotatable bonds is 10. The second kappa shape index (κ2) is 10.4. The number of aryl methyl sites for hydroxylation is 3. The van der Waals surface area contributed by atoms with Gasteiger partial charge in [-0.15, -0.1) is 0 Å². The Balaban J connectivity index is 2.53. The van der Waals surface area contributed by atoms with Crippen LogP contribution in [0.5, 0.6) is 0 Å². The minimum absolute atomic E-state index is 0.358. The van der Waals surface area contributed by atoms with Gasteiger partial charge in [-0.05, 0) is 57.6 Å². The van der Waals surface area contributed by atoms with Crippen LogP contribution in [0.25, 0.3) is 11.3 Å². The molecule has 2 heterocycles. The van der Waals surface area contributed by atoms with E-state index in [4.69, 9.17) is 9.97 Å². The third-order valence-electron chi connectivity index (χ3n) is 5.10. The predicted octanol–water partition coefficient (Wildman–Crippen LogP) is 5.65. The first-order chi connectivity index (χ1) is 13.5. The van der Waals surface area contributed by atoms with Gasteiger partial charge in [-0.25, -0.2) is 15.0 Å². The van der Waals surface area contributed by atoms with E-state index in [9.17, 15) is 0 Å². The smallest absolute Gasteiger partial charge is 0.148 e. The van der Waals surface area contributed by atoms with Gasteiger partial charge >= 0.3 is 0 Å². The van der Waals surface area contributed by atoms with Gasteiger partial charge in [0.05, 0.1) is 17.1 Å². The maximum absolute atomic E-state index is 5.07. The van der Waals surface area contributed by atoms with Crippen LogP contribution in [0.2, 0.25) is 0 Å². The lowest BCUT2D eigenvalue weighted by Crippen LogP contribution is -2.20. The monoisotopic (exact) mass is 383 g/mol. The molecule has 2 N–H and O–H groups in total. The number of anilines is 2. The van der Waals surface area contributed by atoms with Crippen molar-refractivity contribution >= 4 is 11.6 Å². The molecular formula is C23H37N5. The molecule has 0 radical (unpaired) electrons. The maximum atomic E-state index is 5.07. The van der Waals surface area contributed by atoms with Crippen LogP contribution in [0.4, 0.5) is 11.6 Å². The molecule has 154 valence electrons. The van der Waals surface area contributed by atoms with Crippen molar-refractivity contribution in [2.24, 2.45) is 0 Å². The van der Waals surface area contributed by atoms with E-state index in [-0.39, 0.29) is 0 Å². The fraction of sp³-hybridized carbons (Fsp3) is 0.609. The van der Waals surface area contributed by atoms with Crippen molar-refractivity contribution in [1.29, 1.82) is 0 Å². The van der Waals surface area contributed by atoms with E-state index in [1.807, 2.05) is 6.20 Å². The van der Waals surface area contributed by atoms with Crippen molar-refractivity contribution in [3.63, 3.8) is 0 Å². The molecule has 0 aliphatic rings. The van der Waals surface area contributed by atoms with E-state index >= 15 is 0 Å². The van der Waals surface area contributed by atoms with E-state index in [0.29, 0.717) is 12.1 Å². The fourth-order valence-corrected chi connectivity index (χ4v) is 3.39. The largest absolute Gasteiger partial charge is 0.368 e. The molecular weight excluding hydrogens is 346 g/mol. The Morgan fingerprint density at radius 1 is 0.857 bits per heavy atom. The van der Waals surface area contributed by atoms with E-state index in [2.05, 4.69) is 70.2 Å². The van der Waals surface area contributed by atoms with Gasteiger partial charge in [0.25, 0.3) is 0 Å². The van der Waals surface area contributed by atoms with E-state index in [0.717, 1.165) is 66.4 Å². The normalized spacial score (nSPS) is 11.3. The highest BCUT2D eigenvalue weighted by Crippen LogP contribution is 2.29. The van der Waals surface area contributed by atoms with Gasteiger partial charge in [0.1, 0.15) is 11.6 Å². The van der Waals surface area contributed by atoms with Crippen LogP contribution < -0.4 is 10.6 Å².